The van der Waals surface area contributed by atoms with Gasteiger partial charge in [-0.15, -0.1) is 0 Å². The first kappa shape index (κ1) is 11.4. The molecule has 1 aromatic heterocycles. The molecule has 4 nitrogen and oxygen atoms in total. The minimum Gasteiger partial charge on any atom is -0.393 e. The number of carbonyl (C=O) groups excluding carboxylic acids is 2. The van der Waals surface area contributed by atoms with Gasteiger partial charge < -0.3 is 4.74 Å². The van der Waals surface area contributed by atoms with E-state index in [9.17, 15) is 9.59 Å². The van der Waals surface area contributed by atoms with Crippen LogP contribution in [0.15, 0.2) is 24.5 Å². The summed E-state index contributed by atoms with van der Waals surface area (Å²) in [7, 11) is 0. The van der Waals surface area contributed by atoms with E-state index in [1.165, 1.54) is 0 Å². The number of nitrogens with zero attached hydrogens (tertiary/aromatic N) is 1. The Balaban J connectivity index is 2.65. The van der Waals surface area contributed by atoms with Crippen molar-refractivity contribution in [2.24, 2.45) is 0 Å². The van der Waals surface area contributed by atoms with Gasteiger partial charge in [0.1, 0.15) is 0 Å². The lowest BCUT2D eigenvalue weighted by Crippen LogP contribution is -2.17. The Morgan fingerprint density at radius 2 is 2.27 bits per heavy atom. The molecule has 1 rings (SSSR count). The molecule has 0 radical (unpaired) electrons. The fraction of sp³-hybridized carbons (Fsp3) is 0.364. The minimum atomic E-state index is -0.533. The van der Waals surface area contributed by atoms with Gasteiger partial charge in [0, 0.05) is 18.8 Å². The van der Waals surface area contributed by atoms with Crippen LogP contribution in [0.25, 0.3) is 0 Å². The third-order valence-corrected chi connectivity index (χ3v) is 2.04. The maximum absolute atomic E-state index is 11.4. The zero-order valence-electron chi connectivity index (χ0n) is 8.77. The van der Waals surface area contributed by atoms with Crippen molar-refractivity contribution in [1.29, 1.82) is 0 Å². The van der Waals surface area contributed by atoms with Gasteiger partial charge in [0.05, 0.1) is 5.92 Å². The molecule has 4 heteroatoms. The second-order valence-corrected chi connectivity index (χ2v) is 3.15. The van der Waals surface area contributed by atoms with Crippen molar-refractivity contribution in [1.82, 2.24) is 4.98 Å². The van der Waals surface area contributed by atoms with E-state index in [-0.39, 0.29) is 6.42 Å². The van der Waals surface area contributed by atoms with Gasteiger partial charge in [0.25, 0.3) is 0 Å². The molecule has 1 atom stereocenters. The molecule has 0 saturated carbocycles. The van der Waals surface area contributed by atoms with Gasteiger partial charge >= 0.3 is 11.9 Å². The molecule has 0 spiro atoms. The Labute approximate surface area is 88.3 Å². The normalized spacial score (nSPS) is 11.9. The van der Waals surface area contributed by atoms with Crippen LogP contribution in [0.2, 0.25) is 0 Å². The van der Waals surface area contributed by atoms with Crippen LogP contribution in [0.1, 0.15) is 31.7 Å². The third-order valence-electron chi connectivity index (χ3n) is 2.04. The first-order valence-corrected chi connectivity index (χ1v) is 4.79. The molecule has 1 heterocycles. The highest BCUT2D eigenvalue weighted by atomic mass is 16.6. The maximum Gasteiger partial charge on any atom is 0.320 e. The van der Waals surface area contributed by atoms with Crippen LogP contribution in [0, 0.1) is 0 Å². The fourth-order valence-corrected chi connectivity index (χ4v) is 1.04. The zero-order valence-corrected chi connectivity index (χ0v) is 8.77. The van der Waals surface area contributed by atoms with Crippen molar-refractivity contribution < 1.29 is 14.3 Å². The average Bonchev–Trinajstić information content (AvgIpc) is 2.29. The van der Waals surface area contributed by atoms with Crippen LogP contribution >= 0.6 is 0 Å². The lowest BCUT2D eigenvalue weighted by molar-refractivity contribution is -0.160. The van der Waals surface area contributed by atoms with Crippen LogP contribution < -0.4 is 0 Å². The predicted molar refractivity (Wildman–Crippen MR) is 54.0 cm³/mol. The van der Waals surface area contributed by atoms with E-state index in [1.54, 1.807) is 38.4 Å². The molecule has 15 heavy (non-hydrogen) atoms. The molecule has 1 unspecified atom stereocenters. The highest BCUT2D eigenvalue weighted by Gasteiger charge is 2.19. The molecule has 0 N–H and O–H groups in total. The number of aromatic nitrogens is 1. The molecule has 0 aliphatic carbocycles. The molecule has 0 aliphatic heterocycles. The number of esters is 2. The molecular formula is C11H13NO3. The van der Waals surface area contributed by atoms with Crippen LogP contribution in [0.4, 0.5) is 0 Å². The Kier molecular flexibility index (Phi) is 3.97. The number of carbonyl (C=O) groups is 2. The Morgan fingerprint density at radius 1 is 1.53 bits per heavy atom. The van der Waals surface area contributed by atoms with Crippen molar-refractivity contribution in [3.05, 3.63) is 30.1 Å². The van der Waals surface area contributed by atoms with Crippen LogP contribution in [-0.2, 0) is 14.3 Å². The summed E-state index contributed by atoms with van der Waals surface area (Å²) in [6.07, 6.45) is 3.41. The monoisotopic (exact) mass is 207 g/mol. The van der Waals surface area contributed by atoms with Gasteiger partial charge in [-0.3, -0.25) is 14.6 Å². The van der Waals surface area contributed by atoms with Gasteiger partial charge in [-0.2, -0.15) is 0 Å². The summed E-state index contributed by atoms with van der Waals surface area (Å²) in [6.45, 7) is 3.33. The maximum atomic E-state index is 11.4. The summed E-state index contributed by atoms with van der Waals surface area (Å²) in [5, 5.41) is 0. The lowest BCUT2D eigenvalue weighted by Gasteiger charge is -2.09. The largest absolute Gasteiger partial charge is 0.393 e. The fourth-order valence-electron chi connectivity index (χ4n) is 1.04. The van der Waals surface area contributed by atoms with E-state index in [0.29, 0.717) is 0 Å². The van der Waals surface area contributed by atoms with Crippen molar-refractivity contribution in [3.63, 3.8) is 0 Å². The molecule has 1 aromatic rings. The molecule has 0 aliphatic rings. The Morgan fingerprint density at radius 3 is 2.80 bits per heavy atom. The summed E-state index contributed by atoms with van der Waals surface area (Å²) in [6, 6.07) is 3.51. The smallest absolute Gasteiger partial charge is 0.320 e. The van der Waals surface area contributed by atoms with Gasteiger partial charge in [0.2, 0.25) is 0 Å². The van der Waals surface area contributed by atoms with Gasteiger partial charge in [-0.25, -0.2) is 0 Å². The Hall–Kier alpha value is -1.71. The molecule has 0 fully saturated rings. The molecule has 0 bridgehead atoms. The van der Waals surface area contributed by atoms with E-state index < -0.39 is 17.9 Å². The van der Waals surface area contributed by atoms with Gasteiger partial charge in [-0.1, -0.05) is 13.0 Å². The van der Waals surface area contributed by atoms with Crippen molar-refractivity contribution in [3.8, 4) is 0 Å². The standard InChI is InChI=1S/C11H13NO3/c1-3-10(13)15-11(14)8(2)9-5-4-6-12-7-9/h4-8H,3H2,1-2H3. The number of hydrogen-bond donors (Lipinski definition) is 0. The minimum absolute atomic E-state index is 0.200. The second-order valence-electron chi connectivity index (χ2n) is 3.15. The van der Waals surface area contributed by atoms with E-state index in [2.05, 4.69) is 9.72 Å². The topological polar surface area (TPSA) is 56.3 Å². The molecule has 0 amide bonds. The lowest BCUT2D eigenvalue weighted by atomic mass is 10.0. The van der Waals surface area contributed by atoms with Crippen molar-refractivity contribution in [2.75, 3.05) is 0 Å². The number of rotatable bonds is 3. The first-order valence-electron chi connectivity index (χ1n) is 4.79. The molecular weight excluding hydrogens is 194 g/mol. The van der Waals surface area contributed by atoms with Gasteiger partial charge in [0.15, 0.2) is 0 Å². The highest BCUT2D eigenvalue weighted by molar-refractivity contribution is 5.88. The van der Waals surface area contributed by atoms with Crippen LogP contribution in [0.3, 0.4) is 0 Å². The summed E-state index contributed by atoms with van der Waals surface area (Å²) in [5.41, 5.74) is 0.742. The van der Waals surface area contributed by atoms with Crippen LogP contribution in [-0.4, -0.2) is 16.9 Å². The van der Waals surface area contributed by atoms with E-state index in [4.69, 9.17) is 0 Å². The predicted octanol–water partition coefficient (Wildman–Crippen LogP) is 1.66. The first-order chi connectivity index (χ1) is 7.15. The van der Waals surface area contributed by atoms with Crippen molar-refractivity contribution in [2.45, 2.75) is 26.2 Å². The molecule has 0 saturated heterocycles. The summed E-state index contributed by atoms with van der Waals surface area (Å²) in [5.74, 6) is -1.50. The highest BCUT2D eigenvalue weighted by Crippen LogP contribution is 2.15. The van der Waals surface area contributed by atoms with E-state index in [0.717, 1.165) is 5.56 Å². The van der Waals surface area contributed by atoms with Gasteiger partial charge in [-0.05, 0) is 18.6 Å². The average molecular weight is 207 g/mol. The Bertz CT molecular complexity index is 348. The molecule has 80 valence electrons. The van der Waals surface area contributed by atoms with Crippen LogP contribution in [0.5, 0.6) is 0 Å². The SMILES string of the molecule is CCC(=O)OC(=O)C(C)c1cccnc1. The third kappa shape index (κ3) is 3.16. The van der Waals surface area contributed by atoms with E-state index >= 15 is 0 Å². The number of hydrogen-bond acceptors (Lipinski definition) is 4. The molecule has 0 aromatic carbocycles. The number of pyridine rings is 1. The summed E-state index contributed by atoms with van der Waals surface area (Å²) >= 11 is 0. The summed E-state index contributed by atoms with van der Waals surface area (Å²) < 4.78 is 4.61. The zero-order chi connectivity index (χ0) is 11.3. The number of ether oxygens (including phenoxy) is 1. The van der Waals surface area contributed by atoms with E-state index in [1.807, 2.05) is 0 Å². The second kappa shape index (κ2) is 5.24. The summed E-state index contributed by atoms with van der Waals surface area (Å²) in [4.78, 5) is 26.2. The quantitative estimate of drug-likeness (QED) is 0.558. The van der Waals surface area contributed by atoms with Crippen molar-refractivity contribution >= 4 is 11.9 Å².